The molecule has 0 amide bonds. The molecule has 118 valence electrons. The van der Waals surface area contributed by atoms with Gasteiger partial charge in [-0.1, -0.05) is 23.2 Å². The van der Waals surface area contributed by atoms with Gasteiger partial charge in [0.1, 0.15) is 5.75 Å². The van der Waals surface area contributed by atoms with Gasteiger partial charge in [0, 0.05) is 15.6 Å². The van der Waals surface area contributed by atoms with Crippen molar-refractivity contribution >= 4 is 23.2 Å². The molecule has 1 nitrogen and oxygen atoms in total. The van der Waals surface area contributed by atoms with Gasteiger partial charge in [0.2, 0.25) is 0 Å². The third-order valence-electron chi connectivity index (χ3n) is 2.70. The second-order valence-corrected chi connectivity index (χ2v) is 5.09. The van der Waals surface area contributed by atoms with Crippen LogP contribution < -0.4 is 4.74 Å². The molecule has 2 aromatic rings. The second kappa shape index (κ2) is 6.30. The molecule has 2 aromatic carbocycles. The summed E-state index contributed by atoms with van der Waals surface area (Å²) in [7, 11) is 0. The van der Waals surface area contributed by atoms with Crippen molar-refractivity contribution in [3.63, 3.8) is 0 Å². The summed E-state index contributed by atoms with van der Waals surface area (Å²) in [6, 6.07) is 6.51. The highest BCUT2D eigenvalue weighted by molar-refractivity contribution is 6.35. The van der Waals surface area contributed by atoms with Gasteiger partial charge in [-0.05, 0) is 42.0 Å². The molecule has 22 heavy (non-hydrogen) atoms. The number of ether oxygens (including phenoxy) is 1. The lowest BCUT2D eigenvalue weighted by atomic mass is 10.0. The van der Waals surface area contributed by atoms with Crippen molar-refractivity contribution in [3.05, 3.63) is 52.0 Å². The molecule has 0 aliphatic heterocycles. The Labute approximate surface area is 132 Å². The zero-order valence-electron chi connectivity index (χ0n) is 10.6. The van der Waals surface area contributed by atoms with Gasteiger partial charge in [0.25, 0.3) is 0 Å². The minimum absolute atomic E-state index is 0.0297. The van der Waals surface area contributed by atoms with E-state index >= 15 is 0 Å². The van der Waals surface area contributed by atoms with E-state index in [0.29, 0.717) is 6.07 Å². The summed E-state index contributed by atoms with van der Waals surface area (Å²) in [6.07, 6.45) is -4.72. The topological polar surface area (TPSA) is 9.23 Å². The SMILES string of the molecule is FC(F)Oc1cc(-c2cc(Cl)ccc2Cl)cc(C(F)(F)F)c1. The van der Waals surface area contributed by atoms with Gasteiger partial charge in [0.05, 0.1) is 5.56 Å². The van der Waals surface area contributed by atoms with Crippen LogP contribution in [0.15, 0.2) is 36.4 Å². The predicted molar refractivity (Wildman–Crippen MR) is 73.5 cm³/mol. The lowest BCUT2D eigenvalue weighted by Crippen LogP contribution is -2.08. The van der Waals surface area contributed by atoms with Crippen LogP contribution in [0.25, 0.3) is 11.1 Å². The van der Waals surface area contributed by atoms with Gasteiger partial charge < -0.3 is 4.74 Å². The first-order valence-corrected chi connectivity index (χ1v) is 6.55. The third kappa shape index (κ3) is 4.01. The van der Waals surface area contributed by atoms with Crippen molar-refractivity contribution in [2.45, 2.75) is 12.8 Å². The molecule has 0 aromatic heterocycles. The van der Waals surface area contributed by atoms with Crippen molar-refractivity contribution in [3.8, 4) is 16.9 Å². The smallest absolute Gasteiger partial charge is 0.416 e. The van der Waals surface area contributed by atoms with E-state index in [4.69, 9.17) is 23.2 Å². The van der Waals surface area contributed by atoms with Crippen molar-refractivity contribution in [2.75, 3.05) is 0 Å². The molecule has 0 spiro atoms. The Balaban J connectivity index is 2.61. The lowest BCUT2D eigenvalue weighted by Gasteiger charge is -2.14. The van der Waals surface area contributed by atoms with Gasteiger partial charge in [0.15, 0.2) is 0 Å². The molecule has 0 atom stereocenters. The molecular formula is C14H7Cl2F5O. The van der Waals surface area contributed by atoms with Crippen LogP contribution in [-0.4, -0.2) is 6.61 Å². The average molecular weight is 357 g/mol. The first-order chi connectivity index (χ1) is 10.2. The Morgan fingerprint density at radius 1 is 0.955 bits per heavy atom. The molecule has 0 bridgehead atoms. The fraction of sp³-hybridized carbons (Fsp3) is 0.143. The summed E-state index contributed by atoms with van der Waals surface area (Å²) in [4.78, 5) is 0. The van der Waals surface area contributed by atoms with E-state index in [1.54, 1.807) is 0 Å². The fourth-order valence-electron chi connectivity index (χ4n) is 1.81. The van der Waals surface area contributed by atoms with E-state index in [2.05, 4.69) is 4.74 Å². The molecule has 0 radical (unpaired) electrons. The number of benzene rings is 2. The largest absolute Gasteiger partial charge is 0.435 e. The summed E-state index contributed by atoms with van der Waals surface area (Å²) in [5.41, 5.74) is -0.978. The molecular weight excluding hydrogens is 350 g/mol. The lowest BCUT2D eigenvalue weighted by molar-refractivity contribution is -0.138. The molecule has 0 N–H and O–H groups in total. The van der Waals surface area contributed by atoms with E-state index in [1.165, 1.54) is 18.2 Å². The standard InChI is InChI=1S/C14H7Cl2F5O/c15-9-1-2-12(16)11(6-9)7-3-8(14(19,20)21)5-10(4-7)22-13(17)18/h1-6,13H. The van der Waals surface area contributed by atoms with Gasteiger partial charge in [-0.25, -0.2) is 0 Å². The average Bonchev–Trinajstić information content (AvgIpc) is 2.39. The molecule has 0 aliphatic carbocycles. The maximum absolute atomic E-state index is 12.9. The van der Waals surface area contributed by atoms with E-state index in [-0.39, 0.29) is 21.2 Å². The Hall–Kier alpha value is -1.53. The molecule has 8 heteroatoms. The number of halogens is 7. The predicted octanol–water partition coefficient (Wildman–Crippen LogP) is 6.28. The summed E-state index contributed by atoms with van der Waals surface area (Å²) in [5, 5.41) is 0.375. The Bertz CT molecular complexity index is 685. The molecule has 0 fully saturated rings. The maximum Gasteiger partial charge on any atom is 0.416 e. The Morgan fingerprint density at radius 2 is 1.64 bits per heavy atom. The summed E-state index contributed by atoms with van der Waals surface area (Å²) in [5.74, 6) is -0.615. The van der Waals surface area contributed by atoms with E-state index < -0.39 is 24.1 Å². The first kappa shape index (κ1) is 16.8. The number of hydrogen-bond acceptors (Lipinski definition) is 1. The fourth-order valence-corrected chi connectivity index (χ4v) is 2.21. The van der Waals surface area contributed by atoms with Gasteiger partial charge in [-0.15, -0.1) is 0 Å². The van der Waals surface area contributed by atoms with E-state index in [9.17, 15) is 22.0 Å². The normalized spacial score (nSPS) is 11.8. The van der Waals surface area contributed by atoms with Crippen LogP contribution in [0.2, 0.25) is 10.0 Å². The van der Waals surface area contributed by atoms with Crippen LogP contribution in [-0.2, 0) is 6.18 Å². The Kier molecular flexibility index (Phi) is 4.82. The zero-order chi connectivity index (χ0) is 16.5. The van der Waals surface area contributed by atoms with Crippen LogP contribution in [0, 0.1) is 0 Å². The number of hydrogen-bond donors (Lipinski definition) is 0. The van der Waals surface area contributed by atoms with Crippen LogP contribution in [0.5, 0.6) is 5.75 Å². The van der Waals surface area contributed by atoms with Crippen LogP contribution in [0.3, 0.4) is 0 Å². The molecule has 0 saturated heterocycles. The first-order valence-electron chi connectivity index (χ1n) is 5.79. The third-order valence-corrected chi connectivity index (χ3v) is 3.26. The molecule has 0 saturated carbocycles. The summed E-state index contributed by atoms with van der Waals surface area (Å²) in [6.45, 7) is -3.24. The zero-order valence-corrected chi connectivity index (χ0v) is 12.1. The highest BCUT2D eigenvalue weighted by Gasteiger charge is 2.32. The van der Waals surface area contributed by atoms with Gasteiger partial charge in [-0.2, -0.15) is 22.0 Å². The molecule has 2 rings (SSSR count). The quantitative estimate of drug-likeness (QED) is 0.588. The van der Waals surface area contributed by atoms with Crippen molar-refractivity contribution in [2.24, 2.45) is 0 Å². The van der Waals surface area contributed by atoms with Gasteiger partial charge in [-0.3, -0.25) is 0 Å². The summed E-state index contributed by atoms with van der Waals surface area (Å²) >= 11 is 11.7. The maximum atomic E-state index is 12.9. The Morgan fingerprint density at radius 3 is 2.23 bits per heavy atom. The highest BCUT2D eigenvalue weighted by atomic mass is 35.5. The van der Waals surface area contributed by atoms with Gasteiger partial charge >= 0.3 is 12.8 Å². The van der Waals surface area contributed by atoms with Crippen LogP contribution >= 0.6 is 23.2 Å². The number of alkyl halides is 5. The van der Waals surface area contributed by atoms with E-state index in [0.717, 1.165) is 12.1 Å². The van der Waals surface area contributed by atoms with Crippen LogP contribution in [0.4, 0.5) is 22.0 Å². The van der Waals surface area contributed by atoms with E-state index in [1.807, 2.05) is 0 Å². The monoisotopic (exact) mass is 356 g/mol. The minimum atomic E-state index is -4.72. The van der Waals surface area contributed by atoms with Crippen molar-refractivity contribution in [1.29, 1.82) is 0 Å². The van der Waals surface area contributed by atoms with Crippen LogP contribution in [0.1, 0.15) is 5.56 Å². The number of rotatable bonds is 3. The molecule has 0 aliphatic rings. The highest BCUT2D eigenvalue weighted by Crippen LogP contribution is 2.38. The molecule has 0 heterocycles. The molecule has 0 unspecified atom stereocenters. The van der Waals surface area contributed by atoms with Crippen molar-refractivity contribution in [1.82, 2.24) is 0 Å². The van der Waals surface area contributed by atoms with Crippen molar-refractivity contribution < 1.29 is 26.7 Å². The second-order valence-electron chi connectivity index (χ2n) is 4.25. The summed E-state index contributed by atoms with van der Waals surface area (Å²) < 4.78 is 67.3. The minimum Gasteiger partial charge on any atom is -0.435 e.